The first-order valence-corrected chi connectivity index (χ1v) is 14.2. The monoisotopic (exact) mass is 596 g/mol. The maximum Gasteiger partial charge on any atom is 0.436 e. The molecule has 0 saturated carbocycles. The minimum absolute atomic E-state index is 0.0242. The highest BCUT2D eigenvalue weighted by Crippen LogP contribution is 2.39. The van der Waals surface area contributed by atoms with Crippen LogP contribution in [0.25, 0.3) is 0 Å². The number of benzene rings is 2. The Hall–Kier alpha value is -4.11. The van der Waals surface area contributed by atoms with Crippen LogP contribution in [0.4, 0.5) is 19.0 Å². The van der Waals surface area contributed by atoms with Crippen LogP contribution in [0.2, 0.25) is 0 Å². The zero-order valence-electron chi connectivity index (χ0n) is 22.0. The standard InChI is InChI=1S/C26H27F3N4O7S/c1-16(18-6-8-19(9-7-18)25(35)36)30-23(34)21-22(26(27,28)29)31-33-11-10-32(24(21)33)15-17-4-3-5-20(14-17)39-12-13-40-41(2,37)38/h3-9,14,16H,10-13,15H2,1-2H3,(H,30,34)(H,35,36). The van der Waals surface area contributed by atoms with E-state index in [1.807, 2.05) is 0 Å². The van der Waals surface area contributed by atoms with E-state index in [2.05, 4.69) is 14.6 Å². The molecular formula is C26H27F3N4O7S. The summed E-state index contributed by atoms with van der Waals surface area (Å²) < 4.78 is 75.4. The molecule has 220 valence electrons. The molecule has 1 aromatic heterocycles. The van der Waals surface area contributed by atoms with Crippen LogP contribution in [0.3, 0.4) is 0 Å². The lowest BCUT2D eigenvalue weighted by molar-refractivity contribution is -0.141. The number of ether oxygens (including phenoxy) is 1. The average Bonchev–Trinajstić information content (AvgIpc) is 3.46. The molecule has 2 heterocycles. The van der Waals surface area contributed by atoms with E-state index < -0.39 is 45.5 Å². The minimum Gasteiger partial charge on any atom is -0.491 e. The van der Waals surface area contributed by atoms with Gasteiger partial charge in [-0.15, -0.1) is 0 Å². The molecule has 11 nitrogen and oxygen atoms in total. The number of halogens is 3. The number of aromatic nitrogens is 2. The van der Waals surface area contributed by atoms with Crippen molar-refractivity contribution in [3.8, 4) is 5.75 Å². The van der Waals surface area contributed by atoms with E-state index >= 15 is 0 Å². The molecule has 0 fully saturated rings. The summed E-state index contributed by atoms with van der Waals surface area (Å²) >= 11 is 0. The van der Waals surface area contributed by atoms with E-state index in [9.17, 15) is 31.2 Å². The molecule has 4 rings (SSSR count). The second kappa shape index (κ2) is 11.8. The largest absolute Gasteiger partial charge is 0.491 e. The number of aromatic carboxylic acids is 1. The topological polar surface area (TPSA) is 140 Å². The summed E-state index contributed by atoms with van der Waals surface area (Å²) in [6.07, 6.45) is -3.96. The fourth-order valence-electron chi connectivity index (χ4n) is 4.38. The lowest BCUT2D eigenvalue weighted by Crippen LogP contribution is -2.31. The Labute approximate surface area is 233 Å². The van der Waals surface area contributed by atoms with Gasteiger partial charge in [0.15, 0.2) is 5.69 Å². The second-order valence-electron chi connectivity index (χ2n) is 9.33. The predicted octanol–water partition coefficient (Wildman–Crippen LogP) is 3.47. The summed E-state index contributed by atoms with van der Waals surface area (Å²) in [6.45, 7) is 1.94. The number of carboxylic acid groups (broad SMARTS) is 1. The number of nitrogens with zero attached hydrogens (tertiary/aromatic N) is 3. The van der Waals surface area contributed by atoms with Gasteiger partial charge in [-0.05, 0) is 42.3 Å². The van der Waals surface area contributed by atoms with Crippen molar-refractivity contribution in [3.05, 3.63) is 76.5 Å². The maximum absolute atomic E-state index is 14.0. The van der Waals surface area contributed by atoms with E-state index in [0.29, 0.717) is 23.4 Å². The van der Waals surface area contributed by atoms with Gasteiger partial charge < -0.3 is 20.1 Å². The third-order valence-corrected chi connectivity index (χ3v) is 6.82. The summed E-state index contributed by atoms with van der Waals surface area (Å²) in [5.74, 6) is -1.67. The number of carboxylic acids is 1. The highest BCUT2D eigenvalue weighted by molar-refractivity contribution is 7.85. The first kappa shape index (κ1) is 29.9. The highest BCUT2D eigenvalue weighted by Gasteiger charge is 2.44. The number of rotatable bonds is 11. The summed E-state index contributed by atoms with van der Waals surface area (Å²) in [6, 6.07) is 11.7. The Balaban J connectivity index is 1.54. The molecule has 2 aromatic carbocycles. The predicted molar refractivity (Wildman–Crippen MR) is 140 cm³/mol. The molecule has 2 N–H and O–H groups in total. The van der Waals surface area contributed by atoms with Gasteiger partial charge in [-0.1, -0.05) is 24.3 Å². The number of hydrogen-bond acceptors (Lipinski definition) is 8. The molecule has 0 saturated heterocycles. The summed E-state index contributed by atoms with van der Waals surface area (Å²) in [7, 11) is -3.61. The lowest BCUT2D eigenvalue weighted by Gasteiger charge is -2.21. The van der Waals surface area contributed by atoms with Crippen LogP contribution >= 0.6 is 0 Å². The van der Waals surface area contributed by atoms with Gasteiger partial charge in [0.1, 0.15) is 30.3 Å². The Kier molecular flexibility index (Phi) is 8.58. The number of amides is 1. The molecule has 0 bridgehead atoms. The van der Waals surface area contributed by atoms with E-state index in [1.54, 1.807) is 36.1 Å². The Morgan fingerprint density at radius 2 is 1.83 bits per heavy atom. The van der Waals surface area contributed by atoms with Crippen LogP contribution in [-0.2, 0) is 33.6 Å². The molecule has 1 atom stereocenters. The van der Waals surface area contributed by atoms with E-state index in [1.165, 1.54) is 24.3 Å². The molecule has 3 aromatic rings. The zero-order valence-corrected chi connectivity index (χ0v) is 22.8. The van der Waals surface area contributed by atoms with Gasteiger partial charge in [0.2, 0.25) is 0 Å². The third kappa shape index (κ3) is 7.35. The number of nitrogens with one attached hydrogen (secondary N) is 1. The van der Waals surface area contributed by atoms with Gasteiger partial charge in [-0.25, -0.2) is 9.48 Å². The maximum atomic E-state index is 14.0. The zero-order chi connectivity index (χ0) is 29.9. The number of anilines is 1. The Morgan fingerprint density at radius 3 is 2.46 bits per heavy atom. The van der Waals surface area contributed by atoms with Crippen LogP contribution in [-0.4, -0.2) is 61.2 Å². The third-order valence-electron chi connectivity index (χ3n) is 6.23. The Morgan fingerprint density at radius 1 is 1.12 bits per heavy atom. The van der Waals surface area contributed by atoms with Crippen molar-refractivity contribution >= 4 is 27.8 Å². The van der Waals surface area contributed by atoms with Gasteiger partial charge in [0.05, 0.1) is 24.4 Å². The molecule has 15 heteroatoms. The van der Waals surface area contributed by atoms with E-state index in [4.69, 9.17) is 9.84 Å². The first-order valence-electron chi connectivity index (χ1n) is 12.4. The van der Waals surface area contributed by atoms with Crippen molar-refractivity contribution in [2.24, 2.45) is 0 Å². The van der Waals surface area contributed by atoms with Crippen molar-refractivity contribution in [1.29, 1.82) is 0 Å². The molecule has 0 aliphatic carbocycles. The second-order valence-corrected chi connectivity index (χ2v) is 11.0. The van der Waals surface area contributed by atoms with Crippen LogP contribution in [0.5, 0.6) is 5.75 Å². The van der Waals surface area contributed by atoms with Gasteiger partial charge in [0.25, 0.3) is 16.0 Å². The lowest BCUT2D eigenvalue weighted by atomic mass is 10.1. The number of carbonyl (C=O) groups excluding carboxylic acids is 1. The van der Waals surface area contributed by atoms with Crippen molar-refractivity contribution in [2.45, 2.75) is 32.2 Å². The molecule has 0 radical (unpaired) electrons. The molecule has 1 amide bonds. The number of hydrogen-bond donors (Lipinski definition) is 2. The molecule has 0 spiro atoms. The fraction of sp³-hybridized carbons (Fsp3) is 0.346. The van der Waals surface area contributed by atoms with Crippen molar-refractivity contribution < 1.29 is 45.2 Å². The summed E-state index contributed by atoms with van der Waals surface area (Å²) in [5, 5.41) is 15.4. The van der Waals surface area contributed by atoms with E-state index in [0.717, 1.165) is 10.9 Å². The van der Waals surface area contributed by atoms with Gasteiger partial charge in [-0.2, -0.15) is 26.7 Å². The quantitative estimate of drug-likeness (QED) is 0.252. The molecular weight excluding hydrogens is 569 g/mol. The molecule has 41 heavy (non-hydrogen) atoms. The smallest absolute Gasteiger partial charge is 0.436 e. The number of carbonyl (C=O) groups is 2. The van der Waals surface area contributed by atoms with E-state index in [-0.39, 0.29) is 37.7 Å². The normalized spacial score (nSPS) is 14.0. The van der Waals surface area contributed by atoms with Crippen LogP contribution < -0.4 is 15.0 Å². The SMILES string of the molecule is CC(NC(=O)c1c(C(F)(F)F)nn2c1N(Cc1cccc(OCCOS(C)(=O)=O)c1)CC2)c1ccc(C(=O)O)cc1. The van der Waals surface area contributed by atoms with Gasteiger partial charge >= 0.3 is 12.1 Å². The fourth-order valence-corrected chi connectivity index (χ4v) is 4.75. The Bertz CT molecular complexity index is 1540. The van der Waals surface area contributed by atoms with Gasteiger partial charge in [0, 0.05) is 13.1 Å². The first-order chi connectivity index (χ1) is 19.2. The van der Waals surface area contributed by atoms with Crippen LogP contribution in [0.1, 0.15) is 50.5 Å². The molecule has 1 aliphatic heterocycles. The van der Waals surface area contributed by atoms with Crippen LogP contribution in [0.15, 0.2) is 48.5 Å². The molecule has 1 unspecified atom stereocenters. The molecule has 1 aliphatic rings. The summed E-state index contributed by atoms with van der Waals surface area (Å²) in [4.78, 5) is 26.0. The minimum atomic E-state index is -4.89. The summed E-state index contributed by atoms with van der Waals surface area (Å²) in [5.41, 5.74) is -0.682. The van der Waals surface area contributed by atoms with Crippen LogP contribution in [0, 0.1) is 0 Å². The van der Waals surface area contributed by atoms with Crippen molar-refractivity contribution in [3.63, 3.8) is 0 Å². The van der Waals surface area contributed by atoms with Crippen molar-refractivity contribution in [1.82, 2.24) is 15.1 Å². The number of fused-ring (bicyclic) bond motifs is 1. The number of alkyl halides is 3. The van der Waals surface area contributed by atoms with Gasteiger partial charge in [-0.3, -0.25) is 8.98 Å². The average molecular weight is 597 g/mol. The highest BCUT2D eigenvalue weighted by atomic mass is 32.2. The van der Waals surface area contributed by atoms with Crippen molar-refractivity contribution in [2.75, 3.05) is 30.9 Å².